The van der Waals surface area contributed by atoms with Gasteiger partial charge in [-0.05, 0) is 5.41 Å². The molecule has 1 fully saturated rings. The van der Waals surface area contributed by atoms with Crippen molar-refractivity contribution in [3.05, 3.63) is 0 Å². The van der Waals surface area contributed by atoms with Crippen LogP contribution >= 0.6 is 0 Å². The number of esters is 1. The Balaban J connectivity index is 0.000000493. The van der Waals surface area contributed by atoms with Crippen molar-refractivity contribution in [1.29, 1.82) is 0 Å². The number of hydrogen-bond donors (Lipinski definition) is 2. The van der Waals surface area contributed by atoms with Crippen LogP contribution in [0.3, 0.4) is 0 Å². The van der Waals surface area contributed by atoms with E-state index in [0.717, 1.165) is 0 Å². The third-order valence-corrected chi connectivity index (χ3v) is 3.35. The Labute approximate surface area is 122 Å². The van der Waals surface area contributed by atoms with E-state index < -0.39 is 12.0 Å². The highest BCUT2D eigenvalue weighted by atomic mass is 16.5. The van der Waals surface area contributed by atoms with E-state index in [4.69, 9.17) is 5.73 Å². The molecule has 0 aromatic rings. The Morgan fingerprint density at radius 2 is 1.50 bits per heavy atom. The standard InChI is InChI=1S/C9H18N2O3.C6H12/c1-9(2,3)7(10)8(13)11-5-6(12)14-4;1-2-4-6-5-3-1/h7H,5,10H2,1-4H3,(H,11,13);1-6H2. The van der Waals surface area contributed by atoms with E-state index in [2.05, 4.69) is 10.1 Å². The lowest BCUT2D eigenvalue weighted by atomic mass is 9.87. The van der Waals surface area contributed by atoms with Gasteiger partial charge in [0.1, 0.15) is 6.54 Å². The molecule has 3 N–H and O–H groups in total. The minimum atomic E-state index is -0.632. The number of carbonyl (C=O) groups is 2. The van der Waals surface area contributed by atoms with Gasteiger partial charge in [-0.1, -0.05) is 59.3 Å². The van der Waals surface area contributed by atoms with Crippen LogP contribution in [0.4, 0.5) is 0 Å². The summed E-state index contributed by atoms with van der Waals surface area (Å²) in [5.41, 5.74) is 5.34. The fraction of sp³-hybridized carbons (Fsp3) is 0.867. The first-order valence-electron chi connectivity index (χ1n) is 7.39. The minimum absolute atomic E-state index is 0.140. The lowest BCUT2D eigenvalue weighted by Gasteiger charge is -2.25. The van der Waals surface area contributed by atoms with Crippen LogP contribution in [0.15, 0.2) is 0 Å². The molecule has 0 saturated heterocycles. The second kappa shape index (κ2) is 9.75. The second-order valence-electron chi connectivity index (χ2n) is 6.26. The summed E-state index contributed by atoms with van der Waals surface area (Å²) in [6.45, 7) is 5.43. The van der Waals surface area contributed by atoms with E-state index in [1.54, 1.807) is 0 Å². The van der Waals surface area contributed by atoms with Gasteiger partial charge in [-0.2, -0.15) is 0 Å². The number of hydrogen-bond acceptors (Lipinski definition) is 4. The van der Waals surface area contributed by atoms with E-state index in [0.29, 0.717) is 0 Å². The van der Waals surface area contributed by atoms with Crippen LogP contribution in [0.2, 0.25) is 0 Å². The molecule has 0 aromatic carbocycles. The van der Waals surface area contributed by atoms with Crippen molar-refractivity contribution < 1.29 is 14.3 Å². The average Bonchev–Trinajstić information content (AvgIpc) is 2.45. The molecule has 0 aromatic heterocycles. The van der Waals surface area contributed by atoms with Crippen LogP contribution < -0.4 is 11.1 Å². The molecule has 0 bridgehead atoms. The van der Waals surface area contributed by atoms with Crippen molar-refractivity contribution in [3.63, 3.8) is 0 Å². The SMILES string of the molecule is C1CCCCC1.COC(=O)CNC(=O)C(N)C(C)(C)C. The minimum Gasteiger partial charge on any atom is -0.468 e. The van der Waals surface area contributed by atoms with E-state index in [1.165, 1.54) is 45.6 Å². The van der Waals surface area contributed by atoms with Crippen LogP contribution in [0.25, 0.3) is 0 Å². The van der Waals surface area contributed by atoms with Crippen LogP contribution in [-0.2, 0) is 14.3 Å². The Kier molecular flexibility index (Phi) is 9.21. The second-order valence-corrected chi connectivity index (χ2v) is 6.26. The van der Waals surface area contributed by atoms with Gasteiger partial charge in [0.25, 0.3) is 0 Å². The zero-order valence-corrected chi connectivity index (χ0v) is 13.3. The van der Waals surface area contributed by atoms with E-state index >= 15 is 0 Å². The van der Waals surface area contributed by atoms with Crippen molar-refractivity contribution in [2.75, 3.05) is 13.7 Å². The van der Waals surface area contributed by atoms with Gasteiger partial charge in [-0.15, -0.1) is 0 Å². The molecule has 5 nitrogen and oxygen atoms in total. The quantitative estimate of drug-likeness (QED) is 0.777. The number of rotatable bonds is 3. The van der Waals surface area contributed by atoms with Crippen molar-refractivity contribution in [2.24, 2.45) is 11.1 Å². The van der Waals surface area contributed by atoms with Crippen LogP contribution in [0.1, 0.15) is 59.3 Å². The van der Waals surface area contributed by atoms with E-state index in [1.807, 2.05) is 20.8 Å². The van der Waals surface area contributed by atoms with Gasteiger partial charge < -0.3 is 15.8 Å². The summed E-state index contributed by atoms with van der Waals surface area (Å²) in [4.78, 5) is 22.1. The maximum atomic E-state index is 11.4. The summed E-state index contributed by atoms with van der Waals surface area (Å²) in [5, 5.41) is 2.40. The maximum Gasteiger partial charge on any atom is 0.325 e. The zero-order chi connectivity index (χ0) is 15.6. The number of methoxy groups -OCH3 is 1. The summed E-state index contributed by atoms with van der Waals surface area (Å²) in [6.07, 6.45) is 9.00. The van der Waals surface area contributed by atoms with E-state index in [-0.39, 0.29) is 17.9 Å². The van der Waals surface area contributed by atoms with Gasteiger partial charge in [0.15, 0.2) is 0 Å². The van der Waals surface area contributed by atoms with Gasteiger partial charge in [-0.3, -0.25) is 9.59 Å². The highest BCUT2D eigenvalue weighted by Gasteiger charge is 2.27. The maximum absolute atomic E-state index is 11.4. The molecule has 1 aliphatic carbocycles. The fourth-order valence-electron chi connectivity index (χ4n) is 1.80. The zero-order valence-electron chi connectivity index (χ0n) is 13.3. The molecule has 1 atom stereocenters. The summed E-state index contributed by atoms with van der Waals surface area (Å²) >= 11 is 0. The first kappa shape index (κ1) is 18.9. The Morgan fingerprint density at radius 3 is 1.80 bits per heavy atom. The first-order chi connectivity index (χ1) is 9.29. The topological polar surface area (TPSA) is 81.4 Å². The van der Waals surface area contributed by atoms with Crippen LogP contribution in [0.5, 0.6) is 0 Å². The van der Waals surface area contributed by atoms with Crippen LogP contribution in [-0.4, -0.2) is 31.6 Å². The monoisotopic (exact) mass is 286 g/mol. The molecule has 0 aliphatic heterocycles. The number of carbonyl (C=O) groups excluding carboxylic acids is 2. The molecule has 20 heavy (non-hydrogen) atoms. The summed E-state index contributed by atoms with van der Waals surface area (Å²) in [7, 11) is 1.26. The molecule has 1 unspecified atom stereocenters. The highest BCUT2D eigenvalue weighted by Crippen LogP contribution is 2.17. The van der Waals surface area contributed by atoms with Gasteiger partial charge in [0.05, 0.1) is 13.2 Å². The summed E-state index contributed by atoms with van der Waals surface area (Å²) < 4.78 is 4.37. The third kappa shape index (κ3) is 8.91. The van der Waals surface area contributed by atoms with E-state index in [9.17, 15) is 9.59 Å². The van der Waals surface area contributed by atoms with Crippen molar-refractivity contribution in [3.8, 4) is 0 Å². The summed E-state index contributed by atoms with van der Waals surface area (Å²) in [6, 6.07) is -0.632. The van der Waals surface area contributed by atoms with Gasteiger partial charge >= 0.3 is 5.97 Å². The molecule has 118 valence electrons. The first-order valence-corrected chi connectivity index (χ1v) is 7.39. The normalized spacial score (nSPS) is 16.4. The lowest BCUT2D eigenvalue weighted by Crippen LogP contribution is -2.49. The molecule has 0 heterocycles. The average molecular weight is 286 g/mol. The highest BCUT2D eigenvalue weighted by molar-refractivity contribution is 5.85. The van der Waals surface area contributed by atoms with Gasteiger partial charge in [0.2, 0.25) is 5.91 Å². The molecule has 1 amide bonds. The summed E-state index contributed by atoms with van der Waals surface area (Å²) in [5.74, 6) is -0.831. The largest absolute Gasteiger partial charge is 0.468 e. The number of ether oxygens (including phenoxy) is 1. The molecule has 1 rings (SSSR count). The predicted molar refractivity (Wildman–Crippen MR) is 80.2 cm³/mol. The molecule has 0 radical (unpaired) electrons. The third-order valence-electron chi connectivity index (χ3n) is 3.35. The lowest BCUT2D eigenvalue weighted by molar-refractivity contribution is -0.141. The van der Waals surface area contributed by atoms with Crippen LogP contribution in [0, 0.1) is 5.41 Å². The predicted octanol–water partition coefficient (Wildman–Crippen LogP) is 1.99. The molecular weight excluding hydrogens is 256 g/mol. The molecule has 5 heteroatoms. The Hall–Kier alpha value is -1.10. The molecule has 1 saturated carbocycles. The molecule has 1 aliphatic rings. The number of amides is 1. The Morgan fingerprint density at radius 1 is 1.10 bits per heavy atom. The van der Waals surface area contributed by atoms with Gasteiger partial charge in [0, 0.05) is 0 Å². The molecule has 0 spiro atoms. The Bertz CT molecular complexity index is 282. The van der Waals surface area contributed by atoms with Crippen molar-refractivity contribution >= 4 is 11.9 Å². The molecular formula is C15H30N2O3. The van der Waals surface area contributed by atoms with Crippen molar-refractivity contribution in [2.45, 2.75) is 65.3 Å². The number of nitrogens with one attached hydrogen (secondary N) is 1. The number of nitrogens with two attached hydrogens (primary N) is 1. The van der Waals surface area contributed by atoms with Gasteiger partial charge in [-0.25, -0.2) is 0 Å². The fourth-order valence-corrected chi connectivity index (χ4v) is 1.80. The smallest absolute Gasteiger partial charge is 0.325 e. The van der Waals surface area contributed by atoms with Crippen molar-refractivity contribution in [1.82, 2.24) is 5.32 Å².